The van der Waals surface area contributed by atoms with Crippen LogP contribution in [0.1, 0.15) is 18.2 Å². The van der Waals surface area contributed by atoms with E-state index in [-0.39, 0.29) is 4.90 Å². The van der Waals surface area contributed by atoms with Crippen LogP contribution in [0.25, 0.3) is 0 Å². The summed E-state index contributed by atoms with van der Waals surface area (Å²) in [5.41, 5.74) is 0.929. The lowest BCUT2D eigenvalue weighted by Gasteiger charge is -2.08. The standard InChI is InChI=1S/C14H17BrN2O2S2/c1-2-9-16-11-3-6-13(7-4-11)21(18,19)17-10-12-5-8-14(15)20-12/h3-8,16-17H,2,9-10H2,1H3. The fourth-order valence-electron chi connectivity index (χ4n) is 1.72. The molecule has 2 N–H and O–H groups in total. The normalized spacial score (nSPS) is 11.5. The Hall–Kier alpha value is -0.890. The molecule has 0 unspecified atom stereocenters. The molecule has 0 aliphatic rings. The molecule has 0 spiro atoms. The van der Waals surface area contributed by atoms with E-state index in [0.29, 0.717) is 6.54 Å². The van der Waals surface area contributed by atoms with Gasteiger partial charge < -0.3 is 5.32 Å². The molecule has 0 fully saturated rings. The second-order valence-corrected chi connectivity index (χ2v) is 8.80. The highest BCUT2D eigenvalue weighted by atomic mass is 79.9. The molecule has 0 aliphatic carbocycles. The second kappa shape index (κ2) is 7.40. The molecule has 21 heavy (non-hydrogen) atoms. The van der Waals surface area contributed by atoms with Crippen LogP contribution in [0.5, 0.6) is 0 Å². The zero-order valence-corrected chi connectivity index (χ0v) is 14.8. The predicted molar refractivity (Wildman–Crippen MR) is 91.3 cm³/mol. The number of nitrogens with one attached hydrogen (secondary N) is 2. The van der Waals surface area contributed by atoms with Crippen LogP contribution in [-0.4, -0.2) is 15.0 Å². The van der Waals surface area contributed by atoms with E-state index in [9.17, 15) is 8.42 Å². The quantitative estimate of drug-likeness (QED) is 0.757. The van der Waals surface area contributed by atoms with Gasteiger partial charge in [-0.2, -0.15) is 0 Å². The lowest BCUT2D eigenvalue weighted by Crippen LogP contribution is -2.22. The first kappa shape index (κ1) is 16.5. The summed E-state index contributed by atoms with van der Waals surface area (Å²) in [5.74, 6) is 0. The SMILES string of the molecule is CCCNc1ccc(S(=O)(=O)NCc2ccc(Br)s2)cc1. The first-order valence-electron chi connectivity index (χ1n) is 6.59. The zero-order chi connectivity index (χ0) is 15.3. The van der Waals surface area contributed by atoms with Gasteiger partial charge in [-0.1, -0.05) is 6.92 Å². The van der Waals surface area contributed by atoms with Crippen molar-refractivity contribution < 1.29 is 8.42 Å². The Morgan fingerprint density at radius 3 is 2.43 bits per heavy atom. The molecule has 7 heteroatoms. The molecule has 1 heterocycles. The number of thiophene rings is 1. The van der Waals surface area contributed by atoms with E-state index in [1.165, 1.54) is 11.3 Å². The second-order valence-electron chi connectivity index (χ2n) is 4.48. The Balaban J connectivity index is 2.01. The third kappa shape index (κ3) is 4.81. The maximum Gasteiger partial charge on any atom is 0.240 e. The minimum absolute atomic E-state index is 0.278. The molecule has 1 aromatic heterocycles. The van der Waals surface area contributed by atoms with Crippen LogP contribution in [-0.2, 0) is 16.6 Å². The summed E-state index contributed by atoms with van der Waals surface area (Å²) >= 11 is 4.88. The van der Waals surface area contributed by atoms with Crippen LogP contribution >= 0.6 is 27.3 Å². The van der Waals surface area contributed by atoms with Crippen LogP contribution < -0.4 is 10.0 Å². The molecular weight excluding hydrogens is 372 g/mol. The van der Waals surface area contributed by atoms with E-state index >= 15 is 0 Å². The largest absolute Gasteiger partial charge is 0.385 e. The molecular formula is C14H17BrN2O2S2. The van der Waals surface area contributed by atoms with Crippen molar-refractivity contribution >= 4 is 43.0 Å². The molecule has 2 aromatic rings. The molecule has 2 rings (SSSR count). The van der Waals surface area contributed by atoms with Crippen molar-refractivity contribution in [2.45, 2.75) is 24.8 Å². The van der Waals surface area contributed by atoms with Gasteiger partial charge in [0.1, 0.15) is 0 Å². The van der Waals surface area contributed by atoms with Gasteiger partial charge in [0.25, 0.3) is 0 Å². The van der Waals surface area contributed by atoms with Gasteiger partial charge in [0, 0.05) is 23.7 Å². The monoisotopic (exact) mass is 388 g/mol. The van der Waals surface area contributed by atoms with E-state index in [2.05, 4.69) is 32.9 Å². The maximum atomic E-state index is 12.2. The van der Waals surface area contributed by atoms with Gasteiger partial charge in [0.2, 0.25) is 10.0 Å². The molecule has 1 aromatic carbocycles. The van der Waals surface area contributed by atoms with E-state index in [1.54, 1.807) is 24.3 Å². The molecule has 0 bridgehead atoms. The van der Waals surface area contributed by atoms with Crippen molar-refractivity contribution in [1.29, 1.82) is 0 Å². The van der Waals surface area contributed by atoms with E-state index in [0.717, 1.165) is 27.3 Å². The highest BCUT2D eigenvalue weighted by Gasteiger charge is 2.13. The molecule has 0 aliphatic heterocycles. The number of anilines is 1. The number of hydrogen-bond donors (Lipinski definition) is 2. The third-order valence-electron chi connectivity index (χ3n) is 2.81. The number of sulfonamides is 1. The van der Waals surface area contributed by atoms with Crippen LogP contribution in [0.3, 0.4) is 0 Å². The Morgan fingerprint density at radius 1 is 1.14 bits per heavy atom. The highest BCUT2D eigenvalue weighted by Crippen LogP contribution is 2.22. The fraction of sp³-hybridized carbons (Fsp3) is 0.286. The van der Waals surface area contributed by atoms with Gasteiger partial charge in [-0.25, -0.2) is 13.1 Å². The van der Waals surface area contributed by atoms with Gasteiger partial charge in [-0.3, -0.25) is 0 Å². The highest BCUT2D eigenvalue weighted by molar-refractivity contribution is 9.11. The summed E-state index contributed by atoms with van der Waals surface area (Å²) in [6, 6.07) is 10.6. The predicted octanol–water partition coefficient (Wildman–Crippen LogP) is 3.81. The maximum absolute atomic E-state index is 12.2. The molecule has 4 nitrogen and oxygen atoms in total. The summed E-state index contributed by atoms with van der Waals surface area (Å²) in [6.45, 7) is 3.25. The summed E-state index contributed by atoms with van der Waals surface area (Å²) in [7, 11) is -3.47. The number of halogens is 1. The molecule has 0 radical (unpaired) electrons. The topological polar surface area (TPSA) is 58.2 Å². The Morgan fingerprint density at radius 2 is 1.86 bits per heavy atom. The Kier molecular flexibility index (Phi) is 5.80. The molecule has 0 amide bonds. The van der Waals surface area contributed by atoms with Gasteiger partial charge in [0.15, 0.2) is 0 Å². The van der Waals surface area contributed by atoms with E-state index in [4.69, 9.17) is 0 Å². The minimum Gasteiger partial charge on any atom is -0.385 e. The number of rotatable bonds is 7. The van der Waals surface area contributed by atoms with Crippen molar-refractivity contribution in [3.05, 3.63) is 45.1 Å². The van der Waals surface area contributed by atoms with Gasteiger partial charge in [0.05, 0.1) is 8.68 Å². The van der Waals surface area contributed by atoms with Gasteiger partial charge in [-0.05, 0) is 58.7 Å². The summed E-state index contributed by atoms with van der Waals surface area (Å²) < 4.78 is 28.0. The number of benzene rings is 1. The Labute approximate surface area is 137 Å². The molecule has 0 saturated carbocycles. The van der Waals surface area contributed by atoms with Crippen molar-refractivity contribution in [1.82, 2.24) is 4.72 Å². The van der Waals surface area contributed by atoms with E-state index < -0.39 is 10.0 Å². The minimum atomic E-state index is -3.47. The lowest BCUT2D eigenvalue weighted by atomic mass is 10.3. The van der Waals surface area contributed by atoms with Crippen LogP contribution in [0, 0.1) is 0 Å². The smallest absolute Gasteiger partial charge is 0.240 e. The van der Waals surface area contributed by atoms with Crippen molar-refractivity contribution in [3.8, 4) is 0 Å². The van der Waals surface area contributed by atoms with Crippen molar-refractivity contribution in [2.75, 3.05) is 11.9 Å². The Bertz CT molecular complexity index is 681. The van der Waals surface area contributed by atoms with Crippen LogP contribution in [0.4, 0.5) is 5.69 Å². The van der Waals surface area contributed by atoms with Crippen LogP contribution in [0.2, 0.25) is 0 Å². The van der Waals surface area contributed by atoms with Crippen molar-refractivity contribution in [2.24, 2.45) is 0 Å². The lowest BCUT2D eigenvalue weighted by molar-refractivity contribution is 0.582. The van der Waals surface area contributed by atoms with E-state index in [1.807, 2.05) is 12.1 Å². The first-order valence-corrected chi connectivity index (χ1v) is 9.68. The molecule has 114 valence electrons. The molecule has 0 saturated heterocycles. The summed E-state index contributed by atoms with van der Waals surface area (Å²) in [6.07, 6.45) is 1.03. The van der Waals surface area contributed by atoms with Gasteiger partial charge >= 0.3 is 0 Å². The molecule has 0 atom stereocenters. The average molecular weight is 389 g/mol. The third-order valence-corrected chi connectivity index (χ3v) is 5.85. The first-order chi connectivity index (χ1) is 10.0. The van der Waals surface area contributed by atoms with Gasteiger partial charge in [-0.15, -0.1) is 11.3 Å². The summed E-state index contributed by atoms with van der Waals surface area (Å²) in [4.78, 5) is 1.24. The number of hydrogen-bond acceptors (Lipinski definition) is 4. The van der Waals surface area contributed by atoms with Crippen molar-refractivity contribution in [3.63, 3.8) is 0 Å². The fourth-order valence-corrected chi connectivity index (χ4v) is 4.24. The average Bonchev–Trinajstić information content (AvgIpc) is 2.89. The summed E-state index contributed by atoms with van der Waals surface area (Å²) in [5, 5.41) is 3.21. The van der Waals surface area contributed by atoms with Crippen LogP contribution in [0.15, 0.2) is 45.1 Å². The zero-order valence-electron chi connectivity index (χ0n) is 11.6.